The lowest BCUT2D eigenvalue weighted by Crippen LogP contribution is -2.06. The molecule has 0 bridgehead atoms. The third-order valence-corrected chi connectivity index (χ3v) is 2.87. The van der Waals surface area contributed by atoms with E-state index in [4.69, 9.17) is 5.11 Å². The van der Waals surface area contributed by atoms with Gasteiger partial charge in [-0.05, 0) is 24.8 Å². The Balaban J connectivity index is 1.91. The summed E-state index contributed by atoms with van der Waals surface area (Å²) in [5.41, 5.74) is 0.498. The van der Waals surface area contributed by atoms with Gasteiger partial charge in [0, 0.05) is 12.7 Å². The molecule has 6 heteroatoms. The van der Waals surface area contributed by atoms with Gasteiger partial charge in [-0.15, -0.1) is 0 Å². The predicted molar refractivity (Wildman–Crippen MR) is 61.2 cm³/mol. The molecule has 0 spiro atoms. The molecule has 0 aromatic carbocycles. The number of carboxylic acids is 1. The number of carbonyl (C=O) groups is 1. The quantitative estimate of drug-likeness (QED) is 0.829. The smallest absolute Gasteiger partial charge is 0.341 e. The van der Waals surface area contributed by atoms with Crippen LogP contribution in [0.15, 0.2) is 18.5 Å². The maximum absolute atomic E-state index is 10.9. The molecule has 2 heterocycles. The van der Waals surface area contributed by atoms with Crippen LogP contribution < -0.4 is 5.32 Å². The van der Waals surface area contributed by atoms with Gasteiger partial charge in [0.05, 0.1) is 6.20 Å². The Hall–Kier alpha value is -2.11. The molecule has 88 valence electrons. The van der Waals surface area contributed by atoms with Crippen LogP contribution in [-0.4, -0.2) is 32.2 Å². The number of anilines is 1. The fraction of sp³-hybridized carbons (Fsp3) is 0.364. The van der Waals surface area contributed by atoms with E-state index in [9.17, 15) is 4.79 Å². The van der Waals surface area contributed by atoms with E-state index in [1.165, 1.54) is 23.6 Å². The standard InChI is InChI=1S/C11H12N4O2/c16-11(17)8-6-13-15-4-3-9(14-10(8)15)12-5-7-1-2-7/h3-4,6-7H,1-2,5H2,(H,12,14)(H,16,17). The number of nitrogens with zero attached hydrogens (tertiary/aromatic N) is 3. The van der Waals surface area contributed by atoms with Crippen molar-refractivity contribution in [3.8, 4) is 0 Å². The zero-order chi connectivity index (χ0) is 11.8. The monoisotopic (exact) mass is 232 g/mol. The molecule has 0 radical (unpaired) electrons. The zero-order valence-corrected chi connectivity index (χ0v) is 9.13. The molecule has 1 fully saturated rings. The lowest BCUT2D eigenvalue weighted by molar-refractivity contribution is 0.0699. The van der Waals surface area contributed by atoms with Gasteiger partial charge in [-0.2, -0.15) is 5.10 Å². The van der Waals surface area contributed by atoms with Crippen molar-refractivity contribution in [1.29, 1.82) is 0 Å². The minimum atomic E-state index is -1.01. The van der Waals surface area contributed by atoms with Crippen molar-refractivity contribution in [3.63, 3.8) is 0 Å². The van der Waals surface area contributed by atoms with Crippen molar-refractivity contribution in [2.45, 2.75) is 12.8 Å². The Kier molecular flexibility index (Phi) is 2.21. The average molecular weight is 232 g/mol. The fourth-order valence-electron chi connectivity index (χ4n) is 1.69. The van der Waals surface area contributed by atoms with E-state index in [1.807, 2.05) is 0 Å². The summed E-state index contributed by atoms with van der Waals surface area (Å²) in [7, 11) is 0. The first-order chi connectivity index (χ1) is 8.24. The van der Waals surface area contributed by atoms with Gasteiger partial charge in [0.25, 0.3) is 0 Å². The van der Waals surface area contributed by atoms with Gasteiger partial charge in [-0.1, -0.05) is 0 Å². The van der Waals surface area contributed by atoms with E-state index >= 15 is 0 Å². The van der Waals surface area contributed by atoms with Crippen LogP contribution in [0.2, 0.25) is 0 Å². The van der Waals surface area contributed by atoms with E-state index in [0.717, 1.165) is 12.5 Å². The maximum Gasteiger partial charge on any atom is 0.341 e. The van der Waals surface area contributed by atoms with Crippen LogP contribution in [-0.2, 0) is 0 Å². The zero-order valence-electron chi connectivity index (χ0n) is 9.13. The summed E-state index contributed by atoms with van der Waals surface area (Å²) in [6, 6.07) is 1.80. The van der Waals surface area contributed by atoms with Gasteiger partial charge < -0.3 is 10.4 Å². The molecule has 0 atom stereocenters. The van der Waals surface area contributed by atoms with Crippen LogP contribution in [0.4, 0.5) is 5.82 Å². The second kappa shape index (κ2) is 3.73. The molecule has 0 aliphatic heterocycles. The van der Waals surface area contributed by atoms with Crippen LogP contribution in [0.1, 0.15) is 23.2 Å². The van der Waals surface area contributed by atoms with Gasteiger partial charge >= 0.3 is 5.97 Å². The number of aromatic carboxylic acids is 1. The topological polar surface area (TPSA) is 79.5 Å². The molecular weight excluding hydrogens is 220 g/mol. The highest BCUT2D eigenvalue weighted by Crippen LogP contribution is 2.28. The molecule has 1 aliphatic rings. The summed E-state index contributed by atoms with van der Waals surface area (Å²) in [6.07, 6.45) is 5.56. The number of fused-ring (bicyclic) bond motifs is 1. The van der Waals surface area contributed by atoms with Gasteiger partial charge in [0.15, 0.2) is 5.65 Å². The van der Waals surface area contributed by atoms with Crippen LogP contribution >= 0.6 is 0 Å². The van der Waals surface area contributed by atoms with E-state index in [2.05, 4.69) is 15.4 Å². The van der Waals surface area contributed by atoms with Crippen molar-refractivity contribution < 1.29 is 9.90 Å². The Morgan fingerprint density at radius 3 is 3.12 bits per heavy atom. The Bertz CT molecular complexity index is 574. The lowest BCUT2D eigenvalue weighted by atomic mass is 10.3. The van der Waals surface area contributed by atoms with Gasteiger partial charge in [0.1, 0.15) is 11.4 Å². The molecule has 2 aromatic rings. The summed E-state index contributed by atoms with van der Waals surface area (Å²) in [5.74, 6) is 0.441. The SMILES string of the molecule is O=C(O)c1cnn2ccc(NCC3CC3)nc12. The van der Waals surface area contributed by atoms with E-state index in [-0.39, 0.29) is 5.56 Å². The van der Waals surface area contributed by atoms with Gasteiger partial charge in [0.2, 0.25) is 0 Å². The number of hydrogen-bond acceptors (Lipinski definition) is 4. The molecule has 6 nitrogen and oxygen atoms in total. The fourth-order valence-corrected chi connectivity index (χ4v) is 1.69. The highest BCUT2D eigenvalue weighted by Gasteiger charge is 2.21. The minimum absolute atomic E-state index is 0.125. The Morgan fingerprint density at radius 2 is 2.41 bits per heavy atom. The van der Waals surface area contributed by atoms with Crippen molar-refractivity contribution in [2.75, 3.05) is 11.9 Å². The average Bonchev–Trinajstić information content (AvgIpc) is 3.04. The van der Waals surface area contributed by atoms with Gasteiger partial charge in [-0.25, -0.2) is 14.3 Å². The second-order valence-electron chi connectivity index (χ2n) is 4.27. The van der Waals surface area contributed by atoms with Crippen molar-refractivity contribution in [3.05, 3.63) is 24.0 Å². The molecule has 1 aliphatic carbocycles. The molecule has 17 heavy (non-hydrogen) atoms. The molecule has 2 N–H and O–H groups in total. The third kappa shape index (κ3) is 1.93. The number of carboxylic acid groups (broad SMARTS) is 1. The molecule has 2 aromatic heterocycles. The number of aromatic nitrogens is 3. The van der Waals surface area contributed by atoms with E-state index in [0.29, 0.717) is 11.5 Å². The molecule has 1 saturated carbocycles. The summed E-state index contributed by atoms with van der Waals surface area (Å²) in [4.78, 5) is 15.2. The largest absolute Gasteiger partial charge is 0.477 e. The molecule has 0 unspecified atom stereocenters. The van der Waals surface area contributed by atoms with E-state index in [1.54, 1.807) is 12.3 Å². The minimum Gasteiger partial charge on any atom is -0.477 e. The van der Waals surface area contributed by atoms with Gasteiger partial charge in [-0.3, -0.25) is 0 Å². The molecule has 3 rings (SSSR count). The summed E-state index contributed by atoms with van der Waals surface area (Å²) >= 11 is 0. The highest BCUT2D eigenvalue weighted by atomic mass is 16.4. The first-order valence-electron chi connectivity index (χ1n) is 5.55. The van der Waals surface area contributed by atoms with Crippen LogP contribution in [0.5, 0.6) is 0 Å². The van der Waals surface area contributed by atoms with E-state index < -0.39 is 5.97 Å². The first kappa shape index (κ1) is 10.1. The first-order valence-corrected chi connectivity index (χ1v) is 5.55. The summed E-state index contributed by atoms with van der Waals surface area (Å²) in [5, 5.41) is 16.1. The predicted octanol–water partition coefficient (Wildman–Crippen LogP) is 1.25. The molecular formula is C11H12N4O2. The number of rotatable bonds is 4. The second-order valence-corrected chi connectivity index (χ2v) is 4.27. The third-order valence-electron chi connectivity index (χ3n) is 2.87. The van der Waals surface area contributed by atoms with Crippen molar-refractivity contribution in [2.24, 2.45) is 5.92 Å². The maximum atomic E-state index is 10.9. The molecule has 0 amide bonds. The summed E-state index contributed by atoms with van der Waals surface area (Å²) < 4.78 is 1.46. The Morgan fingerprint density at radius 1 is 1.59 bits per heavy atom. The van der Waals surface area contributed by atoms with Crippen LogP contribution in [0, 0.1) is 5.92 Å². The normalized spacial score (nSPS) is 15.1. The number of hydrogen-bond donors (Lipinski definition) is 2. The lowest BCUT2D eigenvalue weighted by Gasteiger charge is -2.04. The number of nitrogens with one attached hydrogen (secondary N) is 1. The molecule has 0 saturated heterocycles. The highest BCUT2D eigenvalue weighted by molar-refractivity contribution is 5.94. The van der Waals surface area contributed by atoms with Crippen LogP contribution in [0.3, 0.4) is 0 Å². The Labute approximate surface area is 97.3 Å². The van der Waals surface area contributed by atoms with Crippen molar-refractivity contribution in [1.82, 2.24) is 14.6 Å². The summed E-state index contributed by atoms with van der Waals surface area (Å²) in [6.45, 7) is 0.902. The van der Waals surface area contributed by atoms with Crippen LogP contribution in [0.25, 0.3) is 5.65 Å². The van der Waals surface area contributed by atoms with Crippen molar-refractivity contribution >= 4 is 17.4 Å².